The van der Waals surface area contributed by atoms with E-state index in [0.29, 0.717) is 20.1 Å². The molecule has 0 radical (unpaired) electrons. The zero-order valence-corrected chi connectivity index (χ0v) is 20.9. The average molecular weight is 509 g/mol. The van der Waals surface area contributed by atoms with Crippen molar-refractivity contribution in [3.05, 3.63) is 125 Å². The third-order valence-corrected chi connectivity index (χ3v) is 7.79. The molecule has 1 aliphatic carbocycles. The molecule has 0 unspecified atom stereocenters. The molecule has 0 bridgehead atoms. The van der Waals surface area contributed by atoms with Crippen LogP contribution in [0.3, 0.4) is 0 Å². The van der Waals surface area contributed by atoms with Gasteiger partial charge in [0.15, 0.2) is 4.80 Å². The maximum absolute atomic E-state index is 13.8. The molecule has 0 N–H and O–H groups in total. The average Bonchev–Trinajstić information content (AvgIpc) is 3.22. The first-order chi connectivity index (χ1) is 17.6. The lowest BCUT2D eigenvalue weighted by atomic mass is 9.83. The number of hydrogen-bond donors (Lipinski definition) is 0. The number of thiazole rings is 1. The van der Waals surface area contributed by atoms with E-state index in [-0.39, 0.29) is 18.2 Å². The van der Waals surface area contributed by atoms with Crippen LogP contribution in [0.4, 0.5) is 0 Å². The predicted molar refractivity (Wildman–Crippen MR) is 145 cm³/mol. The summed E-state index contributed by atoms with van der Waals surface area (Å²) in [4.78, 5) is 19.5. The molecule has 0 saturated heterocycles. The molecule has 6 rings (SSSR count). The van der Waals surface area contributed by atoms with E-state index in [1.807, 2.05) is 65.2 Å². The second-order valence-corrected chi connectivity index (χ2v) is 10.2. The Morgan fingerprint density at radius 2 is 1.86 bits per heavy atom. The minimum atomic E-state index is -0.219. The van der Waals surface area contributed by atoms with Gasteiger partial charge in [-0.15, -0.1) is 6.42 Å². The molecule has 1 aromatic heterocycles. The highest BCUT2D eigenvalue weighted by Gasteiger charge is 2.32. The van der Waals surface area contributed by atoms with E-state index in [4.69, 9.17) is 27.8 Å². The minimum absolute atomic E-state index is 0.0447. The molecular weight excluding hydrogens is 488 g/mol. The van der Waals surface area contributed by atoms with Gasteiger partial charge < -0.3 is 4.74 Å². The van der Waals surface area contributed by atoms with Gasteiger partial charge in [-0.05, 0) is 65.4 Å². The monoisotopic (exact) mass is 508 g/mol. The van der Waals surface area contributed by atoms with Crippen LogP contribution in [0.15, 0.2) is 88.2 Å². The molecule has 2 aliphatic rings. The third-order valence-electron chi connectivity index (χ3n) is 6.56. The number of nitrogens with zero attached hydrogens (tertiary/aromatic N) is 2. The molecule has 1 atom stereocenters. The molecule has 0 spiro atoms. The van der Waals surface area contributed by atoms with E-state index in [1.165, 1.54) is 22.5 Å². The molecule has 0 saturated carbocycles. The van der Waals surface area contributed by atoms with E-state index in [2.05, 4.69) is 24.1 Å². The van der Waals surface area contributed by atoms with Crippen molar-refractivity contribution in [1.82, 2.24) is 4.57 Å². The van der Waals surface area contributed by atoms with Gasteiger partial charge in [-0.2, -0.15) is 0 Å². The van der Waals surface area contributed by atoms with E-state index in [1.54, 1.807) is 0 Å². The summed E-state index contributed by atoms with van der Waals surface area (Å²) >= 11 is 7.62. The quantitative estimate of drug-likeness (QED) is 0.365. The molecule has 36 heavy (non-hydrogen) atoms. The summed E-state index contributed by atoms with van der Waals surface area (Å²) in [5, 5.41) is 0.670. The van der Waals surface area contributed by atoms with Crippen LogP contribution < -0.4 is 19.6 Å². The SMILES string of the molecule is C#CCOc1ccc(/C=c2/sc3n(c2=O)[C@H](c2ccc(Cl)cc2)C2=C(N=3)c3ccccc3CC2)cc1. The van der Waals surface area contributed by atoms with Crippen molar-refractivity contribution in [3.8, 4) is 18.1 Å². The molecule has 176 valence electrons. The number of benzene rings is 3. The summed E-state index contributed by atoms with van der Waals surface area (Å²) in [5.41, 5.74) is 6.50. The number of rotatable bonds is 4. The van der Waals surface area contributed by atoms with Crippen LogP contribution in [-0.2, 0) is 6.42 Å². The van der Waals surface area contributed by atoms with E-state index >= 15 is 0 Å². The fourth-order valence-corrected chi connectivity index (χ4v) is 6.03. The number of terminal acetylenes is 1. The van der Waals surface area contributed by atoms with Gasteiger partial charge in [0.2, 0.25) is 0 Å². The molecule has 1 aliphatic heterocycles. The largest absolute Gasteiger partial charge is 0.481 e. The van der Waals surface area contributed by atoms with Gasteiger partial charge in [-0.1, -0.05) is 77.4 Å². The van der Waals surface area contributed by atoms with E-state index < -0.39 is 0 Å². The van der Waals surface area contributed by atoms with Crippen molar-refractivity contribution in [1.29, 1.82) is 0 Å². The highest BCUT2D eigenvalue weighted by molar-refractivity contribution is 7.07. The Labute approximate surface area is 217 Å². The van der Waals surface area contributed by atoms with Crippen molar-refractivity contribution >= 4 is 34.7 Å². The van der Waals surface area contributed by atoms with Gasteiger partial charge in [-0.3, -0.25) is 9.36 Å². The maximum atomic E-state index is 13.8. The van der Waals surface area contributed by atoms with Crippen molar-refractivity contribution in [2.45, 2.75) is 18.9 Å². The zero-order valence-electron chi connectivity index (χ0n) is 19.3. The molecule has 0 amide bonds. The van der Waals surface area contributed by atoms with Crippen LogP contribution in [-0.4, -0.2) is 11.2 Å². The first kappa shape index (κ1) is 22.6. The van der Waals surface area contributed by atoms with Crippen LogP contribution in [0.2, 0.25) is 5.02 Å². The third kappa shape index (κ3) is 3.99. The Morgan fingerprint density at radius 1 is 1.08 bits per heavy atom. The summed E-state index contributed by atoms with van der Waals surface area (Å²) in [6.07, 6.45) is 8.95. The van der Waals surface area contributed by atoms with Gasteiger partial charge in [0.1, 0.15) is 12.4 Å². The highest BCUT2D eigenvalue weighted by Crippen LogP contribution is 2.41. The fourth-order valence-electron chi connectivity index (χ4n) is 4.90. The molecule has 3 aromatic carbocycles. The van der Waals surface area contributed by atoms with Crippen molar-refractivity contribution in [2.75, 3.05) is 6.61 Å². The van der Waals surface area contributed by atoms with Crippen LogP contribution >= 0.6 is 22.9 Å². The summed E-state index contributed by atoms with van der Waals surface area (Å²) in [6, 6.07) is 23.5. The predicted octanol–water partition coefficient (Wildman–Crippen LogP) is 4.98. The summed E-state index contributed by atoms with van der Waals surface area (Å²) in [6.45, 7) is 0.219. The number of hydrogen-bond acceptors (Lipinski definition) is 4. The molecular formula is C30H21ClN2O2S. The van der Waals surface area contributed by atoms with E-state index in [9.17, 15) is 4.79 Å². The topological polar surface area (TPSA) is 43.6 Å². The lowest BCUT2D eigenvalue weighted by Gasteiger charge is -2.30. The van der Waals surface area contributed by atoms with Gasteiger partial charge in [0.25, 0.3) is 5.56 Å². The van der Waals surface area contributed by atoms with Gasteiger partial charge in [-0.25, -0.2) is 4.99 Å². The Kier molecular flexibility index (Phi) is 5.85. The maximum Gasteiger partial charge on any atom is 0.271 e. The minimum Gasteiger partial charge on any atom is -0.481 e. The second kappa shape index (κ2) is 9.31. The van der Waals surface area contributed by atoms with Gasteiger partial charge >= 0.3 is 0 Å². The summed E-state index contributed by atoms with van der Waals surface area (Å²) < 4.78 is 7.94. The lowest BCUT2D eigenvalue weighted by molar-refractivity contribution is 0.370. The summed E-state index contributed by atoms with van der Waals surface area (Å²) in [5.74, 6) is 3.15. The second-order valence-electron chi connectivity index (χ2n) is 8.73. The Balaban J connectivity index is 1.52. The summed E-state index contributed by atoms with van der Waals surface area (Å²) in [7, 11) is 0. The molecule has 0 fully saturated rings. The van der Waals surface area contributed by atoms with Crippen LogP contribution in [0.1, 0.15) is 34.7 Å². The molecule has 4 nitrogen and oxygen atoms in total. The Bertz CT molecular complexity index is 1720. The number of aromatic nitrogens is 1. The number of fused-ring (bicyclic) bond motifs is 3. The number of halogens is 1. The van der Waals surface area contributed by atoms with Crippen molar-refractivity contribution in [2.24, 2.45) is 4.99 Å². The molecule has 4 aromatic rings. The fraction of sp³-hybridized carbons (Fsp3) is 0.133. The lowest BCUT2D eigenvalue weighted by Crippen LogP contribution is -2.38. The van der Waals surface area contributed by atoms with Crippen molar-refractivity contribution < 1.29 is 4.74 Å². The van der Waals surface area contributed by atoms with Gasteiger partial charge in [0, 0.05) is 10.6 Å². The number of allylic oxidation sites excluding steroid dienone is 1. The Morgan fingerprint density at radius 3 is 2.64 bits per heavy atom. The smallest absolute Gasteiger partial charge is 0.271 e. The van der Waals surface area contributed by atoms with Crippen LogP contribution in [0.5, 0.6) is 5.75 Å². The number of ether oxygens (including phenoxy) is 1. The molecule has 6 heteroatoms. The van der Waals surface area contributed by atoms with E-state index in [0.717, 1.165) is 35.2 Å². The number of aryl methyl sites for hydroxylation is 1. The van der Waals surface area contributed by atoms with Crippen LogP contribution in [0.25, 0.3) is 11.8 Å². The zero-order chi connectivity index (χ0) is 24.6. The standard InChI is InChI=1S/C30H21ClN2O2S/c1-2-17-35-23-14-7-19(8-15-23)18-26-29(34)33-28(21-9-12-22(31)13-10-21)25-16-11-20-5-3-4-6-24(20)27(25)32-30(33)36-26/h1,3-10,12-15,18,28H,11,16-17H2/b26-18+/t28-/m1/s1. The Hall–Kier alpha value is -3.85. The first-order valence-electron chi connectivity index (χ1n) is 11.7. The normalized spacial score (nSPS) is 16.4. The molecule has 2 heterocycles. The van der Waals surface area contributed by atoms with Crippen molar-refractivity contribution in [3.63, 3.8) is 0 Å². The highest BCUT2D eigenvalue weighted by atomic mass is 35.5. The van der Waals surface area contributed by atoms with Crippen LogP contribution in [0, 0.1) is 12.3 Å². The van der Waals surface area contributed by atoms with Gasteiger partial charge in [0.05, 0.1) is 16.3 Å². The first-order valence-corrected chi connectivity index (χ1v) is 12.9.